The fraction of sp³-hybridized carbons (Fsp3) is 0.222. The number of benzene rings is 3. The van der Waals surface area contributed by atoms with Crippen LogP contribution in [-0.4, -0.2) is 26.8 Å². The highest BCUT2D eigenvalue weighted by molar-refractivity contribution is 6.06. The Morgan fingerprint density at radius 3 is 2.28 bits per heavy atom. The lowest BCUT2D eigenvalue weighted by Crippen LogP contribution is -2.27. The Bertz CT molecular complexity index is 1410. The number of rotatable bonds is 7. The third kappa shape index (κ3) is 5.10. The van der Waals surface area contributed by atoms with E-state index in [0.717, 1.165) is 28.8 Å². The van der Waals surface area contributed by atoms with Crippen LogP contribution < -0.4 is 5.32 Å². The lowest BCUT2D eigenvalue weighted by atomic mass is 9.98. The van der Waals surface area contributed by atoms with Crippen molar-refractivity contribution < 1.29 is 27.9 Å². The van der Waals surface area contributed by atoms with Gasteiger partial charge in [0, 0.05) is 11.9 Å². The number of aromatic nitrogens is 2. The summed E-state index contributed by atoms with van der Waals surface area (Å²) >= 11 is 0. The summed E-state index contributed by atoms with van der Waals surface area (Å²) in [4.78, 5) is 24.4. The summed E-state index contributed by atoms with van der Waals surface area (Å²) in [7, 11) is 0. The van der Waals surface area contributed by atoms with Crippen molar-refractivity contribution in [1.29, 1.82) is 0 Å². The first-order chi connectivity index (χ1) is 17.1. The first-order valence-corrected chi connectivity index (χ1v) is 11.4. The van der Waals surface area contributed by atoms with Crippen LogP contribution in [-0.2, 0) is 19.1 Å². The number of carboxylic acid groups (broad SMARTS) is 1. The van der Waals surface area contributed by atoms with E-state index in [1.807, 2.05) is 25.1 Å². The minimum absolute atomic E-state index is 0.151. The Morgan fingerprint density at radius 2 is 1.69 bits per heavy atom. The van der Waals surface area contributed by atoms with Gasteiger partial charge in [0.05, 0.1) is 22.7 Å². The molecule has 6 nitrogen and oxygen atoms in total. The van der Waals surface area contributed by atoms with Crippen LogP contribution in [0.2, 0.25) is 0 Å². The van der Waals surface area contributed by atoms with Gasteiger partial charge in [-0.05, 0) is 67.3 Å². The topological polar surface area (TPSA) is 84.2 Å². The number of carbonyl (C=O) groups is 2. The molecule has 4 rings (SSSR count). The Hall–Kier alpha value is -4.14. The maximum Gasteiger partial charge on any atom is 0.416 e. The van der Waals surface area contributed by atoms with Gasteiger partial charge in [-0.15, -0.1) is 0 Å². The maximum atomic E-state index is 13.3. The molecule has 4 aromatic rings. The molecule has 0 aliphatic rings. The lowest BCUT2D eigenvalue weighted by Gasteiger charge is -2.14. The standard InChI is InChI=1S/C27H24F3N3O3/c1-3-33-22-6-4-5-20(15-17-7-13-21(14-8-17)27(28,29)30)23(22)24(32-33)25(34)31-16(2)18-9-11-19(12-10-18)26(35)36/h4-14,16H,3,15H2,1-2H3,(H,31,34)(H,35,36)/t16-/m0/s1. The molecule has 0 fully saturated rings. The second kappa shape index (κ2) is 9.85. The molecule has 0 bridgehead atoms. The average Bonchev–Trinajstić information content (AvgIpc) is 3.24. The SMILES string of the molecule is CCn1nc(C(=O)N[C@@H](C)c2ccc(C(=O)O)cc2)c2c(Cc3ccc(C(F)(F)F)cc3)cccc21. The van der Waals surface area contributed by atoms with Crippen LogP contribution in [0.25, 0.3) is 10.9 Å². The molecule has 186 valence electrons. The Morgan fingerprint density at radius 1 is 1.03 bits per heavy atom. The van der Waals surface area contributed by atoms with E-state index in [2.05, 4.69) is 10.4 Å². The molecule has 0 spiro atoms. The van der Waals surface area contributed by atoms with Crippen LogP contribution in [0.15, 0.2) is 66.7 Å². The van der Waals surface area contributed by atoms with E-state index in [1.54, 1.807) is 23.7 Å². The number of hydrogen-bond donors (Lipinski definition) is 2. The second-order valence-electron chi connectivity index (χ2n) is 8.47. The Balaban J connectivity index is 1.65. The van der Waals surface area contributed by atoms with Gasteiger partial charge in [-0.3, -0.25) is 9.48 Å². The van der Waals surface area contributed by atoms with Gasteiger partial charge >= 0.3 is 12.1 Å². The molecule has 1 amide bonds. The molecule has 9 heteroatoms. The molecule has 3 aromatic carbocycles. The Kier molecular flexibility index (Phi) is 6.83. The summed E-state index contributed by atoms with van der Waals surface area (Å²) in [5.74, 6) is -1.43. The molecular weight excluding hydrogens is 471 g/mol. The van der Waals surface area contributed by atoms with Gasteiger partial charge in [0.2, 0.25) is 0 Å². The van der Waals surface area contributed by atoms with Crippen molar-refractivity contribution in [3.05, 3.63) is 100 Å². The molecule has 1 heterocycles. The number of carbonyl (C=O) groups excluding carboxylic acids is 1. The minimum Gasteiger partial charge on any atom is -0.478 e. The first-order valence-electron chi connectivity index (χ1n) is 11.4. The highest BCUT2D eigenvalue weighted by Gasteiger charge is 2.30. The summed E-state index contributed by atoms with van der Waals surface area (Å²) in [6.07, 6.45) is -4.08. The van der Waals surface area contributed by atoms with Crippen LogP contribution in [0.3, 0.4) is 0 Å². The summed E-state index contributed by atoms with van der Waals surface area (Å²) in [6.45, 7) is 4.22. The molecule has 1 aromatic heterocycles. The van der Waals surface area contributed by atoms with E-state index >= 15 is 0 Å². The van der Waals surface area contributed by atoms with E-state index in [1.165, 1.54) is 24.3 Å². The molecular formula is C27H24F3N3O3. The number of aryl methyl sites for hydroxylation is 1. The van der Waals surface area contributed by atoms with Gasteiger partial charge < -0.3 is 10.4 Å². The number of hydrogen-bond acceptors (Lipinski definition) is 3. The van der Waals surface area contributed by atoms with Crippen molar-refractivity contribution in [2.75, 3.05) is 0 Å². The molecule has 0 saturated carbocycles. The van der Waals surface area contributed by atoms with Crippen LogP contribution in [0, 0.1) is 0 Å². The number of nitrogens with zero attached hydrogens (tertiary/aromatic N) is 2. The van der Waals surface area contributed by atoms with Gasteiger partial charge in [0.15, 0.2) is 5.69 Å². The number of carboxylic acids is 1. The van der Waals surface area contributed by atoms with E-state index in [4.69, 9.17) is 5.11 Å². The van der Waals surface area contributed by atoms with Crippen LogP contribution in [0.5, 0.6) is 0 Å². The van der Waals surface area contributed by atoms with Crippen LogP contribution in [0.4, 0.5) is 13.2 Å². The predicted molar refractivity (Wildman–Crippen MR) is 129 cm³/mol. The summed E-state index contributed by atoms with van der Waals surface area (Å²) in [5, 5.41) is 17.2. The van der Waals surface area contributed by atoms with Gasteiger partial charge in [0.25, 0.3) is 5.91 Å². The smallest absolute Gasteiger partial charge is 0.416 e. The molecule has 0 radical (unpaired) electrons. The Labute approximate surface area is 205 Å². The number of alkyl halides is 3. The first kappa shape index (κ1) is 25.0. The predicted octanol–water partition coefficient (Wildman–Crippen LogP) is 5.86. The molecule has 1 atom stereocenters. The van der Waals surface area contributed by atoms with Gasteiger partial charge in [0.1, 0.15) is 0 Å². The third-order valence-electron chi connectivity index (χ3n) is 6.06. The zero-order valence-corrected chi connectivity index (χ0v) is 19.6. The van der Waals surface area contributed by atoms with Crippen LogP contribution in [0.1, 0.15) is 63.0 Å². The van der Waals surface area contributed by atoms with Crippen molar-refractivity contribution in [2.24, 2.45) is 0 Å². The summed E-state index contributed by atoms with van der Waals surface area (Å²) < 4.78 is 40.5. The van der Waals surface area contributed by atoms with E-state index in [9.17, 15) is 22.8 Å². The quantitative estimate of drug-likeness (QED) is 0.337. The van der Waals surface area contributed by atoms with Crippen LogP contribution >= 0.6 is 0 Å². The maximum absolute atomic E-state index is 13.3. The van der Waals surface area contributed by atoms with E-state index < -0.39 is 29.7 Å². The second-order valence-corrected chi connectivity index (χ2v) is 8.47. The number of halogens is 3. The third-order valence-corrected chi connectivity index (χ3v) is 6.06. The number of nitrogens with one attached hydrogen (secondary N) is 1. The van der Waals surface area contributed by atoms with Crippen molar-refractivity contribution >= 4 is 22.8 Å². The lowest BCUT2D eigenvalue weighted by molar-refractivity contribution is -0.137. The van der Waals surface area contributed by atoms with Crippen molar-refractivity contribution in [2.45, 2.75) is 39.0 Å². The molecule has 0 aliphatic carbocycles. The molecule has 0 unspecified atom stereocenters. The fourth-order valence-corrected chi connectivity index (χ4v) is 4.14. The number of amides is 1. The monoisotopic (exact) mass is 495 g/mol. The molecule has 36 heavy (non-hydrogen) atoms. The molecule has 2 N–H and O–H groups in total. The fourth-order valence-electron chi connectivity index (χ4n) is 4.14. The van der Waals surface area contributed by atoms with Crippen molar-refractivity contribution in [1.82, 2.24) is 15.1 Å². The molecule has 0 saturated heterocycles. The van der Waals surface area contributed by atoms with Crippen molar-refractivity contribution in [3.8, 4) is 0 Å². The number of fused-ring (bicyclic) bond motifs is 1. The zero-order chi connectivity index (χ0) is 26.0. The van der Waals surface area contributed by atoms with Gasteiger partial charge in [-0.25, -0.2) is 4.79 Å². The summed E-state index contributed by atoms with van der Waals surface area (Å²) in [6, 6.07) is 16.3. The van der Waals surface area contributed by atoms with E-state index in [0.29, 0.717) is 23.9 Å². The van der Waals surface area contributed by atoms with Gasteiger partial charge in [-0.2, -0.15) is 18.3 Å². The summed E-state index contributed by atoms with van der Waals surface area (Å²) in [5.41, 5.74) is 2.60. The van der Waals surface area contributed by atoms with Gasteiger partial charge in [-0.1, -0.05) is 36.4 Å². The zero-order valence-electron chi connectivity index (χ0n) is 19.6. The minimum atomic E-state index is -4.41. The normalized spacial score (nSPS) is 12.5. The molecule has 0 aliphatic heterocycles. The largest absolute Gasteiger partial charge is 0.478 e. The van der Waals surface area contributed by atoms with E-state index in [-0.39, 0.29) is 11.3 Å². The number of aromatic carboxylic acids is 1. The van der Waals surface area contributed by atoms with Crippen molar-refractivity contribution in [3.63, 3.8) is 0 Å². The highest BCUT2D eigenvalue weighted by Crippen LogP contribution is 2.30. The highest BCUT2D eigenvalue weighted by atomic mass is 19.4. The average molecular weight is 496 g/mol.